The van der Waals surface area contributed by atoms with Gasteiger partial charge in [-0.05, 0) is 47.5 Å². The molecule has 4 aromatic rings. The fourth-order valence-electron chi connectivity index (χ4n) is 4.18. The number of aromatic nitrogens is 3. The molecule has 1 N–H and O–H groups in total. The first-order valence-corrected chi connectivity index (χ1v) is 11.4. The molecule has 0 radical (unpaired) electrons. The quantitative estimate of drug-likeness (QED) is 0.414. The van der Waals surface area contributed by atoms with E-state index in [0.717, 1.165) is 57.6 Å². The van der Waals surface area contributed by atoms with Crippen LogP contribution in [0.2, 0.25) is 0 Å². The van der Waals surface area contributed by atoms with E-state index >= 15 is 0 Å². The average Bonchev–Trinajstić information content (AvgIpc) is 2.92. The summed E-state index contributed by atoms with van der Waals surface area (Å²) in [4.78, 5) is 27.4. The highest BCUT2D eigenvalue weighted by molar-refractivity contribution is 6.01. The highest BCUT2D eigenvalue weighted by atomic mass is 16.5. The summed E-state index contributed by atoms with van der Waals surface area (Å²) in [5.74, 6) is -0.257. The van der Waals surface area contributed by atoms with Crippen molar-refractivity contribution >= 4 is 28.2 Å². The standard InChI is InChI=1S/C28H25N5O2/c1-3-27(34)32-24-6-4-5-20(14-24)25-15-22(13-23-16-29-18-31-28(23)25)21-7-8-26(30-17-21)19(2)33-9-11-35-12-10-33/h3-8,13-18H,1-2,9-12H2,(H,32,34). The zero-order valence-electron chi connectivity index (χ0n) is 19.3. The molecule has 0 spiro atoms. The Morgan fingerprint density at radius 2 is 1.86 bits per heavy atom. The van der Waals surface area contributed by atoms with Crippen molar-refractivity contribution in [3.05, 3.63) is 92.2 Å². The summed E-state index contributed by atoms with van der Waals surface area (Å²) in [6.45, 7) is 10.8. The molecular weight excluding hydrogens is 438 g/mol. The first kappa shape index (κ1) is 22.4. The molecule has 0 bridgehead atoms. The molecule has 2 aromatic heterocycles. The van der Waals surface area contributed by atoms with E-state index in [9.17, 15) is 4.79 Å². The number of amides is 1. The lowest BCUT2D eigenvalue weighted by Gasteiger charge is -2.30. The number of carbonyl (C=O) groups is 1. The van der Waals surface area contributed by atoms with Crippen molar-refractivity contribution in [3.8, 4) is 22.3 Å². The van der Waals surface area contributed by atoms with Gasteiger partial charge in [-0.3, -0.25) is 9.78 Å². The van der Waals surface area contributed by atoms with Gasteiger partial charge >= 0.3 is 0 Å². The normalized spacial score (nSPS) is 13.4. The minimum atomic E-state index is -0.257. The fraction of sp³-hybridized carbons (Fsp3) is 0.143. The lowest BCUT2D eigenvalue weighted by molar-refractivity contribution is -0.111. The molecular formula is C28H25N5O2. The summed E-state index contributed by atoms with van der Waals surface area (Å²) < 4.78 is 5.44. The number of nitrogens with zero attached hydrogens (tertiary/aromatic N) is 4. The highest BCUT2D eigenvalue weighted by Crippen LogP contribution is 2.34. The Morgan fingerprint density at radius 1 is 1.00 bits per heavy atom. The predicted molar refractivity (Wildman–Crippen MR) is 138 cm³/mol. The minimum absolute atomic E-state index is 0.257. The maximum Gasteiger partial charge on any atom is 0.247 e. The van der Waals surface area contributed by atoms with Gasteiger partial charge in [0.1, 0.15) is 6.33 Å². The number of rotatable bonds is 6. The fourth-order valence-corrected chi connectivity index (χ4v) is 4.18. The molecule has 1 saturated heterocycles. The average molecular weight is 464 g/mol. The first-order chi connectivity index (χ1) is 17.1. The zero-order chi connectivity index (χ0) is 24.2. The van der Waals surface area contributed by atoms with Crippen LogP contribution >= 0.6 is 0 Å². The molecule has 0 atom stereocenters. The van der Waals surface area contributed by atoms with Gasteiger partial charge in [0.25, 0.3) is 0 Å². The van der Waals surface area contributed by atoms with Crippen LogP contribution in [0.5, 0.6) is 0 Å². The van der Waals surface area contributed by atoms with Crippen LogP contribution in [-0.2, 0) is 9.53 Å². The number of anilines is 1. The number of morpholine rings is 1. The third-order valence-corrected chi connectivity index (χ3v) is 6.02. The SMILES string of the molecule is C=CC(=O)Nc1cccc(-c2cc(-c3ccc(C(=C)N4CCOCC4)nc3)cc3cncnc23)c1. The number of nitrogens with one attached hydrogen (secondary N) is 1. The van der Waals surface area contributed by atoms with Gasteiger partial charge in [-0.15, -0.1) is 0 Å². The number of hydrogen-bond donors (Lipinski definition) is 1. The smallest absolute Gasteiger partial charge is 0.247 e. The van der Waals surface area contributed by atoms with Crippen LogP contribution < -0.4 is 5.32 Å². The first-order valence-electron chi connectivity index (χ1n) is 11.4. The van der Waals surface area contributed by atoms with Crippen LogP contribution in [0, 0.1) is 0 Å². The van der Waals surface area contributed by atoms with E-state index in [0.29, 0.717) is 18.9 Å². The monoisotopic (exact) mass is 463 g/mol. The molecule has 0 unspecified atom stereocenters. The number of fused-ring (bicyclic) bond motifs is 1. The van der Waals surface area contributed by atoms with E-state index < -0.39 is 0 Å². The molecule has 0 saturated carbocycles. The Bertz CT molecular complexity index is 1410. The summed E-state index contributed by atoms with van der Waals surface area (Å²) in [5, 5.41) is 3.74. The van der Waals surface area contributed by atoms with E-state index in [1.807, 2.05) is 36.5 Å². The number of benzene rings is 2. The van der Waals surface area contributed by atoms with Gasteiger partial charge in [-0.2, -0.15) is 0 Å². The maximum absolute atomic E-state index is 11.8. The minimum Gasteiger partial charge on any atom is -0.378 e. The van der Waals surface area contributed by atoms with Crippen molar-refractivity contribution in [2.24, 2.45) is 0 Å². The molecule has 1 amide bonds. The second kappa shape index (κ2) is 9.87. The largest absolute Gasteiger partial charge is 0.378 e. The van der Waals surface area contributed by atoms with E-state index in [1.54, 1.807) is 12.5 Å². The van der Waals surface area contributed by atoms with Crippen LogP contribution in [0.15, 0.2) is 86.5 Å². The van der Waals surface area contributed by atoms with Crippen molar-refractivity contribution in [2.45, 2.75) is 0 Å². The van der Waals surface area contributed by atoms with Crippen molar-refractivity contribution in [2.75, 3.05) is 31.6 Å². The van der Waals surface area contributed by atoms with Gasteiger partial charge in [0, 0.05) is 47.7 Å². The van der Waals surface area contributed by atoms with Crippen LogP contribution in [0.4, 0.5) is 5.69 Å². The summed E-state index contributed by atoms with van der Waals surface area (Å²) >= 11 is 0. The number of pyridine rings is 1. The Balaban J connectivity index is 1.52. The molecule has 7 heteroatoms. The van der Waals surface area contributed by atoms with Gasteiger partial charge in [-0.1, -0.05) is 31.4 Å². The van der Waals surface area contributed by atoms with Gasteiger partial charge in [0.15, 0.2) is 0 Å². The number of carbonyl (C=O) groups excluding carboxylic acids is 1. The second-order valence-corrected chi connectivity index (χ2v) is 8.24. The zero-order valence-corrected chi connectivity index (χ0v) is 19.3. The van der Waals surface area contributed by atoms with Crippen molar-refractivity contribution in [1.82, 2.24) is 19.9 Å². The molecule has 3 heterocycles. The predicted octanol–water partition coefficient (Wildman–Crippen LogP) is 4.79. The van der Waals surface area contributed by atoms with Crippen LogP contribution in [0.3, 0.4) is 0 Å². The second-order valence-electron chi connectivity index (χ2n) is 8.24. The van der Waals surface area contributed by atoms with Crippen LogP contribution in [0.25, 0.3) is 38.9 Å². The van der Waals surface area contributed by atoms with Crippen molar-refractivity contribution in [1.29, 1.82) is 0 Å². The lowest BCUT2D eigenvalue weighted by atomic mass is 9.96. The topological polar surface area (TPSA) is 80.2 Å². The van der Waals surface area contributed by atoms with Gasteiger partial charge < -0.3 is 15.0 Å². The maximum atomic E-state index is 11.8. The Hall–Kier alpha value is -4.36. The van der Waals surface area contributed by atoms with E-state index in [4.69, 9.17) is 9.72 Å². The summed E-state index contributed by atoms with van der Waals surface area (Å²) in [6.07, 6.45) is 6.47. The summed E-state index contributed by atoms with van der Waals surface area (Å²) in [7, 11) is 0. The molecule has 2 aromatic carbocycles. The lowest BCUT2D eigenvalue weighted by Crippen LogP contribution is -2.34. The third-order valence-electron chi connectivity index (χ3n) is 6.02. The van der Waals surface area contributed by atoms with Crippen molar-refractivity contribution in [3.63, 3.8) is 0 Å². The molecule has 174 valence electrons. The molecule has 1 fully saturated rings. The molecule has 0 aliphatic carbocycles. The van der Waals surface area contributed by atoms with Gasteiger partial charge in [0.05, 0.1) is 30.1 Å². The third kappa shape index (κ3) is 4.81. The Labute approximate surface area is 203 Å². The molecule has 7 nitrogen and oxygen atoms in total. The Morgan fingerprint density at radius 3 is 2.63 bits per heavy atom. The molecule has 1 aliphatic rings. The van der Waals surface area contributed by atoms with E-state index in [1.165, 1.54) is 6.08 Å². The van der Waals surface area contributed by atoms with E-state index in [2.05, 4.69) is 51.5 Å². The number of hydrogen-bond acceptors (Lipinski definition) is 6. The Kier molecular flexibility index (Phi) is 6.32. The van der Waals surface area contributed by atoms with Crippen LogP contribution in [-0.4, -0.2) is 52.1 Å². The van der Waals surface area contributed by atoms with E-state index in [-0.39, 0.29) is 5.91 Å². The summed E-state index contributed by atoms with van der Waals surface area (Å²) in [5.41, 5.74) is 7.13. The molecule has 5 rings (SSSR count). The molecule has 35 heavy (non-hydrogen) atoms. The van der Waals surface area contributed by atoms with Crippen molar-refractivity contribution < 1.29 is 9.53 Å². The summed E-state index contributed by atoms with van der Waals surface area (Å²) in [6, 6.07) is 15.9. The van der Waals surface area contributed by atoms with Crippen LogP contribution in [0.1, 0.15) is 5.69 Å². The van der Waals surface area contributed by atoms with Gasteiger partial charge in [-0.25, -0.2) is 9.97 Å². The highest BCUT2D eigenvalue weighted by Gasteiger charge is 2.15. The molecule has 1 aliphatic heterocycles. The number of ether oxygens (including phenoxy) is 1. The van der Waals surface area contributed by atoms with Gasteiger partial charge in [0.2, 0.25) is 5.91 Å².